The molecule has 0 amide bonds. The topological polar surface area (TPSA) is 55.4 Å². The number of rotatable bonds is 9. The maximum absolute atomic E-state index is 12.2. The molecule has 120 valence electrons. The van der Waals surface area contributed by atoms with E-state index in [1.807, 2.05) is 17.5 Å². The molecule has 0 saturated carbocycles. The Balaban J connectivity index is 1.88. The van der Waals surface area contributed by atoms with Crippen molar-refractivity contribution in [1.29, 1.82) is 0 Å². The van der Waals surface area contributed by atoms with Crippen molar-refractivity contribution in [2.75, 3.05) is 13.2 Å². The van der Waals surface area contributed by atoms with Gasteiger partial charge in [0, 0.05) is 11.4 Å². The summed E-state index contributed by atoms with van der Waals surface area (Å²) in [5, 5.41) is 1.99. The van der Waals surface area contributed by atoms with Gasteiger partial charge < -0.3 is 4.74 Å². The van der Waals surface area contributed by atoms with Gasteiger partial charge in [-0.2, -0.15) is 0 Å². The summed E-state index contributed by atoms with van der Waals surface area (Å²) < 4.78 is 32.5. The number of sulfonamides is 1. The molecule has 0 radical (unpaired) electrons. The molecule has 0 fully saturated rings. The van der Waals surface area contributed by atoms with Gasteiger partial charge in [0.2, 0.25) is 10.0 Å². The molecule has 0 spiro atoms. The molecule has 1 heterocycles. The van der Waals surface area contributed by atoms with Gasteiger partial charge in [-0.15, -0.1) is 11.3 Å². The molecule has 2 rings (SSSR count). The predicted molar refractivity (Wildman–Crippen MR) is 90.1 cm³/mol. The lowest BCUT2D eigenvalue weighted by Crippen LogP contribution is -2.25. The first-order chi connectivity index (χ1) is 10.6. The number of unbranched alkanes of at least 4 members (excludes halogenated alkanes) is 1. The molecule has 1 aromatic heterocycles. The molecule has 0 atom stereocenters. The van der Waals surface area contributed by atoms with Crippen LogP contribution in [0.25, 0.3) is 0 Å². The van der Waals surface area contributed by atoms with E-state index in [0.717, 1.165) is 12.8 Å². The molecule has 2 aromatic rings. The van der Waals surface area contributed by atoms with Crippen LogP contribution in [0.5, 0.6) is 5.75 Å². The lowest BCUT2D eigenvalue weighted by Gasteiger charge is -2.08. The molecule has 4 nitrogen and oxygen atoms in total. The Morgan fingerprint density at radius 1 is 1.18 bits per heavy atom. The fourth-order valence-corrected chi connectivity index (χ4v) is 3.64. The van der Waals surface area contributed by atoms with Gasteiger partial charge in [-0.3, -0.25) is 0 Å². The number of nitrogens with one attached hydrogen (secondary N) is 1. The van der Waals surface area contributed by atoms with E-state index in [2.05, 4.69) is 11.6 Å². The first-order valence-corrected chi connectivity index (χ1v) is 9.73. The molecule has 0 unspecified atom stereocenters. The van der Waals surface area contributed by atoms with Gasteiger partial charge in [-0.1, -0.05) is 19.4 Å². The van der Waals surface area contributed by atoms with Crippen LogP contribution in [-0.4, -0.2) is 21.6 Å². The highest BCUT2D eigenvalue weighted by molar-refractivity contribution is 7.89. The molecule has 0 aliphatic rings. The van der Waals surface area contributed by atoms with Crippen molar-refractivity contribution in [3.63, 3.8) is 0 Å². The minimum atomic E-state index is -3.46. The molecule has 0 aliphatic heterocycles. The van der Waals surface area contributed by atoms with Crippen molar-refractivity contribution in [2.45, 2.75) is 31.1 Å². The number of hydrogen-bond donors (Lipinski definition) is 1. The molecular weight excluding hydrogens is 318 g/mol. The average molecular weight is 339 g/mol. The van der Waals surface area contributed by atoms with Crippen LogP contribution >= 0.6 is 11.3 Å². The predicted octanol–water partition coefficient (Wildman–Crippen LogP) is 3.45. The highest BCUT2D eigenvalue weighted by atomic mass is 32.2. The first kappa shape index (κ1) is 17.0. The van der Waals surface area contributed by atoms with Gasteiger partial charge in [0.1, 0.15) is 5.75 Å². The fraction of sp³-hybridized carbons (Fsp3) is 0.375. The van der Waals surface area contributed by atoms with Gasteiger partial charge >= 0.3 is 0 Å². The Kier molecular flexibility index (Phi) is 6.42. The molecule has 1 aromatic carbocycles. The van der Waals surface area contributed by atoms with Crippen molar-refractivity contribution in [1.82, 2.24) is 4.72 Å². The van der Waals surface area contributed by atoms with E-state index in [9.17, 15) is 8.42 Å². The smallest absolute Gasteiger partial charge is 0.240 e. The van der Waals surface area contributed by atoms with Gasteiger partial charge in [0.05, 0.1) is 11.5 Å². The van der Waals surface area contributed by atoms with Crippen LogP contribution in [0.1, 0.15) is 24.6 Å². The summed E-state index contributed by atoms with van der Waals surface area (Å²) in [6.45, 7) is 3.15. The maximum atomic E-state index is 12.2. The van der Waals surface area contributed by atoms with Crippen molar-refractivity contribution >= 4 is 21.4 Å². The van der Waals surface area contributed by atoms with Crippen LogP contribution in [0.4, 0.5) is 0 Å². The maximum Gasteiger partial charge on any atom is 0.240 e. The third kappa shape index (κ3) is 5.12. The van der Waals surface area contributed by atoms with Crippen LogP contribution < -0.4 is 9.46 Å². The van der Waals surface area contributed by atoms with Crippen LogP contribution in [0, 0.1) is 0 Å². The molecule has 0 saturated heterocycles. The van der Waals surface area contributed by atoms with Crippen molar-refractivity contribution in [3.05, 3.63) is 46.7 Å². The summed E-state index contributed by atoms with van der Waals surface area (Å²) in [5.41, 5.74) is 0. The van der Waals surface area contributed by atoms with Gasteiger partial charge in [0.15, 0.2) is 0 Å². The molecule has 0 aliphatic carbocycles. The Bertz CT molecular complexity index is 649. The lowest BCUT2D eigenvalue weighted by molar-refractivity contribution is 0.309. The van der Waals surface area contributed by atoms with Crippen LogP contribution in [0.15, 0.2) is 46.7 Å². The highest BCUT2D eigenvalue weighted by Gasteiger charge is 2.13. The number of thiophene rings is 1. The Morgan fingerprint density at radius 3 is 2.59 bits per heavy atom. The minimum absolute atomic E-state index is 0.265. The van der Waals surface area contributed by atoms with E-state index in [0.29, 0.717) is 25.3 Å². The Morgan fingerprint density at radius 2 is 1.95 bits per heavy atom. The standard InChI is InChI=1S/C16H21NO3S2/c1-2-3-12-20-14-6-8-16(9-7-14)22(18,19)17-11-10-15-5-4-13-21-15/h4-9,13,17H,2-3,10-12H2,1H3. The second-order valence-corrected chi connectivity index (χ2v) is 7.70. The summed E-state index contributed by atoms with van der Waals surface area (Å²) in [5.74, 6) is 0.700. The molecule has 0 bridgehead atoms. The number of ether oxygens (including phenoxy) is 1. The van der Waals surface area contributed by atoms with Crippen LogP contribution in [0.3, 0.4) is 0 Å². The van der Waals surface area contributed by atoms with Crippen molar-refractivity contribution in [2.24, 2.45) is 0 Å². The van der Waals surface area contributed by atoms with E-state index < -0.39 is 10.0 Å². The SMILES string of the molecule is CCCCOc1ccc(S(=O)(=O)NCCc2cccs2)cc1. The van der Waals surface area contributed by atoms with Gasteiger partial charge in [0.25, 0.3) is 0 Å². The van der Waals surface area contributed by atoms with E-state index in [1.165, 1.54) is 4.88 Å². The van der Waals surface area contributed by atoms with Crippen molar-refractivity contribution < 1.29 is 13.2 Å². The quantitative estimate of drug-likeness (QED) is 0.712. The third-order valence-corrected chi connectivity index (χ3v) is 5.56. The van der Waals surface area contributed by atoms with Crippen LogP contribution in [-0.2, 0) is 16.4 Å². The number of benzene rings is 1. The zero-order chi connectivity index (χ0) is 15.8. The summed E-state index contributed by atoms with van der Waals surface area (Å²) in [4.78, 5) is 1.43. The summed E-state index contributed by atoms with van der Waals surface area (Å²) in [7, 11) is -3.46. The highest BCUT2D eigenvalue weighted by Crippen LogP contribution is 2.16. The largest absolute Gasteiger partial charge is 0.494 e. The van der Waals surface area contributed by atoms with E-state index >= 15 is 0 Å². The Hall–Kier alpha value is -1.37. The second-order valence-electron chi connectivity index (χ2n) is 4.90. The molecule has 22 heavy (non-hydrogen) atoms. The van der Waals surface area contributed by atoms with Crippen molar-refractivity contribution in [3.8, 4) is 5.75 Å². The zero-order valence-electron chi connectivity index (χ0n) is 12.6. The minimum Gasteiger partial charge on any atom is -0.494 e. The zero-order valence-corrected chi connectivity index (χ0v) is 14.3. The summed E-state index contributed by atoms with van der Waals surface area (Å²) in [6.07, 6.45) is 2.76. The lowest BCUT2D eigenvalue weighted by atomic mass is 10.3. The van der Waals surface area contributed by atoms with E-state index in [-0.39, 0.29) is 4.90 Å². The first-order valence-electron chi connectivity index (χ1n) is 7.37. The fourth-order valence-electron chi connectivity index (χ4n) is 1.90. The normalized spacial score (nSPS) is 11.5. The van der Waals surface area contributed by atoms with Gasteiger partial charge in [-0.25, -0.2) is 13.1 Å². The number of hydrogen-bond acceptors (Lipinski definition) is 4. The van der Waals surface area contributed by atoms with Gasteiger partial charge in [-0.05, 0) is 48.6 Å². The van der Waals surface area contributed by atoms with Crippen LogP contribution in [0.2, 0.25) is 0 Å². The van der Waals surface area contributed by atoms with E-state index in [4.69, 9.17) is 4.74 Å². The van der Waals surface area contributed by atoms with E-state index in [1.54, 1.807) is 35.6 Å². The average Bonchev–Trinajstić information content (AvgIpc) is 3.01. The Labute approximate surface area is 136 Å². The second kappa shape index (κ2) is 8.31. The third-order valence-electron chi connectivity index (χ3n) is 3.14. The molecular formula is C16H21NO3S2. The summed E-state index contributed by atoms with van der Waals surface area (Å²) >= 11 is 1.63. The molecule has 1 N–H and O–H groups in total. The summed E-state index contributed by atoms with van der Waals surface area (Å²) in [6, 6.07) is 10.5. The molecule has 6 heteroatoms. The monoisotopic (exact) mass is 339 g/mol.